The van der Waals surface area contributed by atoms with Crippen molar-refractivity contribution in [2.45, 2.75) is 37.9 Å². The van der Waals surface area contributed by atoms with Crippen LogP contribution in [-0.4, -0.2) is 17.1 Å². The van der Waals surface area contributed by atoms with Crippen molar-refractivity contribution in [1.82, 2.24) is 10.3 Å². The van der Waals surface area contributed by atoms with Gasteiger partial charge in [-0.15, -0.1) is 0 Å². The van der Waals surface area contributed by atoms with E-state index in [1.165, 1.54) is 5.56 Å². The van der Waals surface area contributed by atoms with E-state index in [9.17, 15) is 0 Å². The molecule has 3 N–H and O–H groups in total. The van der Waals surface area contributed by atoms with E-state index in [1.54, 1.807) is 6.20 Å². The van der Waals surface area contributed by atoms with Crippen LogP contribution in [0.15, 0.2) is 24.5 Å². The van der Waals surface area contributed by atoms with E-state index in [4.69, 9.17) is 5.73 Å². The molecule has 14 heavy (non-hydrogen) atoms. The van der Waals surface area contributed by atoms with Crippen LogP contribution in [0.3, 0.4) is 0 Å². The minimum absolute atomic E-state index is 0.376. The number of rotatable bonds is 3. The molecular weight excluding hydrogens is 174 g/mol. The van der Waals surface area contributed by atoms with Crippen molar-refractivity contribution in [2.24, 2.45) is 5.73 Å². The van der Waals surface area contributed by atoms with Gasteiger partial charge in [0.1, 0.15) is 0 Å². The molecule has 1 aromatic heterocycles. The fraction of sp³-hybridized carbons (Fsp3) is 0.545. The molecule has 1 aromatic rings. The van der Waals surface area contributed by atoms with Crippen LogP contribution in [0.2, 0.25) is 0 Å². The second kappa shape index (κ2) is 4.07. The Bertz CT molecular complexity index is 280. The van der Waals surface area contributed by atoms with Gasteiger partial charge in [-0.1, -0.05) is 6.07 Å². The fourth-order valence-corrected chi connectivity index (χ4v) is 1.88. The molecule has 0 aliphatic heterocycles. The summed E-state index contributed by atoms with van der Waals surface area (Å²) in [7, 11) is 0. The maximum atomic E-state index is 5.73. The standard InChI is InChI=1S/C11H17N3/c1-8(9-3-2-4-13-7-9)14-11-5-10(12)6-11/h2-4,7-8,10-11,14H,5-6,12H2,1H3. The van der Waals surface area contributed by atoms with Crippen LogP contribution in [0.25, 0.3) is 0 Å². The second-order valence-corrected chi connectivity index (χ2v) is 4.10. The molecule has 0 bridgehead atoms. The summed E-state index contributed by atoms with van der Waals surface area (Å²) in [6, 6.07) is 5.46. The second-order valence-electron chi connectivity index (χ2n) is 4.10. The summed E-state index contributed by atoms with van der Waals surface area (Å²) in [6.07, 6.45) is 5.92. The van der Waals surface area contributed by atoms with Gasteiger partial charge in [-0.25, -0.2) is 0 Å². The lowest BCUT2D eigenvalue weighted by Gasteiger charge is -2.35. The molecule has 1 saturated carbocycles. The van der Waals surface area contributed by atoms with E-state index in [0.717, 1.165) is 12.8 Å². The number of hydrogen-bond donors (Lipinski definition) is 2. The molecule has 76 valence electrons. The molecule has 0 saturated heterocycles. The quantitative estimate of drug-likeness (QED) is 0.755. The number of pyridine rings is 1. The first-order chi connectivity index (χ1) is 6.75. The summed E-state index contributed by atoms with van der Waals surface area (Å²) in [6.45, 7) is 2.17. The molecule has 0 radical (unpaired) electrons. The van der Waals surface area contributed by atoms with Crippen molar-refractivity contribution in [1.29, 1.82) is 0 Å². The topological polar surface area (TPSA) is 50.9 Å². The molecule has 1 heterocycles. The Morgan fingerprint density at radius 1 is 1.57 bits per heavy atom. The number of hydrogen-bond acceptors (Lipinski definition) is 3. The van der Waals surface area contributed by atoms with Crippen molar-refractivity contribution in [3.63, 3.8) is 0 Å². The summed E-state index contributed by atoms with van der Waals surface area (Å²) in [4.78, 5) is 4.11. The number of nitrogens with two attached hydrogens (primary N) is 1. The molecule has 1 fully saturated rings. The van der Waals surface area contributed by atoms with Crippen LogP contribution >= 0.6 is 0 Å². The highest BCUT2D eigenvalue weighted by Gasteiger charge is 2.26. The third-order valence-corrected chi connectivity index (χ3v) is 2.84. The zero-order valence-electron chi connectivity index (χ0n) is 8.48. The van der Waals surface area contributed by atoms with Gasteiger partial charge in [-0.3, -0.25) is 4.98 Å². The van der Waals surface area contributed by atoms with Gasteiger partial charge < -0.3 is 11.1 Å². The first kappa shape index (κ1) is 9.62. The number of nitrogens with zero attached hydrogens (tertiary/aromatic N) is 1. The van der Waals surface area contributed by atoms with Gasteiger partial charge >= 0.3 is 0 Å². The lowest BCUT2D eigenvalue weighted by Crippen LogP contribution is -2.49. The van der Waals surface area contributed by atoms with Crippen LogP contribution in [-0.2, 0) is 0 Å². The molecule has 3 heteroatoms. The van der Waals surface area contributed by atoms with Gasteiger partial charge in [0.25, 0.3) is 0 Å². The van der Waals surface area contributed by atoms with E-state index in [1.807, 2.05) is 12.3 Å². The van der Waals surface area contributed by atoms with Crippen LogP contribution in [0.5, 0.6) is 0 Å². The van der Waals surface area contributed by atoms with Gasteiger partial charge in [0.05, 0.1) is 0 Å². The molecule has 1 unspecified atom stereocenters. The lowest BCUT2D eigenvalue weighted by molar-refractivity contribution is 0.272. The number of nitrogens with one attached hydrogen (secondary N) is 1. The van der Waals surface area contributed by atoms with Gasteiger partial charge in [-0.05, 0) is 31.4 Å². The maximum absolute atomic E-state index is 5.73. The first-order valence-corrected chi connectivity index (χ1v) is 5.17. The summed E-state index contributed by atoms with van der Waals surface area (Å²) in [5.74, 6) is 0. The minimum Gasteiger partial charge on any atom is -0.328 e. The predicted molar refractivity (Wildman–Crippen MR) is 56.8 cm³/mol. The van der Waals surface area contributed by atoms with Crippen molar-refractivity contribution in [2.75, 3.05) is 0 Å². The summed E-state index contributed by atoms with van der Waals surface area (Å²) in [5.41, 5.74) is 6.97. The van der Waals surface area contributed by atoms with Gasteiger partial charge in [0.15, 0.2) is 0 Å². The van der Waals surface area contributed by atoms with E-state index in [-0.39, 0.29) is 0 Å². The van der Waals surface area contributed by atoms with E-state index in [2.05, 4.69) is 23.3 Å². The van der Waals surface area contributed by atoms with Crippen LogP contribution in [0.4, 0.5) is 0 Å². The molecule has 1 aliphatic rings. The Morgan fingerprint density at radius 3 is 2.93 bits per heavy atom. The Balaban J connectivity index is 1.87. The molecule has 0 amide bonds. The molecule has 0 spiro atoms. The van der Waals surface area contributed by atoms with Crippen LogP contribution in [0, 0.1) is 0 Å². The molecule has 1 atom stereocenters. The Labute approximate surface area is 84.7 Å². The smallest absolute Gasteiger partial charge is 0.0315 e. The molecule has 3 nitrogen and oxygen atoms in total. The van der Waals surface area contributed by atoms with Gasteiger partial charge in [-0.2, -0.15) is 0 Å². The average Bonchev–Trinajstić information content (AvgIpc) is 2.17. The van der Waals surface area contributed by atoms with E-state index < -0.39 is 0 Å². The van der Waals surface area contributed by atoms with Gasteiger partial charge in [0.2, 0.25) is 0 Å². The van der Waals surface area contributed by atoms with Crippen LogP contribution < -0.4 is 11.1 Å². The minimum atomic E-state index is 0.376. The van der Waals surface area contributed by atoms with Gasteiger partial charge in [0, 0.05) is 30.5 Å². The molecular formula is C11H17N3. The zero-order chi connectivity index (χ0) is 9.97. The van der Waals surface area contributed by atoms with E-state index >= 15 is 0 Å². The van der Waals surface area contributed by atoms with Crippen molar-refractivity contribution < 1.29 is 0 Å². The SMILES string of the molecule is CC(NC1CC(N)C1)c1cccnc1. The molecule has 0 aromatic carbocycles. The predicted octanol–water partition coefficient (Wildman–Crippen LogP) is 1.22. The Morgan fingerprint density at radius 2 is 2.36 bits per heavy atom. The maximum Gasteiger partial charge on any atom is 0.0315 e. The Hall–Kier alpha value is -0.930. The summed E-state index contributed by atoms with van der Waals surface area (Å²) < 4.78 is 0. The highest BCUT2D eigenvalue weighted by atomic mass is 15.0. The lowest BCUT2D eigenvalue weighted by atomic mass is 9.87. The first-order valence-electron chi connectivity index (χ1n) is 5.17. The molecule has 2 rings (SSSR count). The van der Waals surface area contributed by atoms with E-state index in [0.29, 0.717) is 18.1 Å². The highest BCUT2D eigenvalue weighted by Crippen LogP contribution is 2.21. The van der Waals surface area contributed by atoms with Crippen LogP contribution in [0.1, 0.15) is 31.4 Å². The average molecular weight is 191 g/mol. The third-order valence-electron chi connectivity index (χ3n) is 2.84. The highest BCUT2D eigenvalue weighted by molar-refractivity contribution is 5.13. The largest absolute Gasteiger partial charge is 0.328 e. The Kier molecular flexibility index (Phi) is 2.79. The molecule has 1 aliphatic carbocycles. The summed E-state index contributed by atoms with van der Waals surface area (Å²) in [5, 5.41) is 3.54. The van der Waals surface area contributed by atoms with Crippen molar-refractivity contribution in [3.05, 3.63) is 30.1 Å². The fourth-order valence-electron chi connectivity index (χ4n) is 1.88. The number of aromatic nitrogens is 1. The van der Waals surface area contributed by atoms with Crippen molar-refractivity contribution in [3.8, 4) is 0 Å². The third kappa shape index (κ3) is 2.11. The normalized spacial score (nSPS) is 28.1. The summed E-state index contributed by atoms with van der Waals surface area (Å²) >= 11 is 0. The zero-order valence-corrected chi connectivity index (χ0v) is 8.48. The van der Waals surface area contributed by atoms with Crippen molar-refractivity contribution >= 4 is 0 Å². The monoisotopic (exact) mass is 191 g/mol.